The Hall–Kier alpha value is -1.07. The molecule has 0 radical (unpaired) electrons. The zero-order chi connectivity index (χ0) is 12.4. The van der Waals surface area contributed by atoms with Gasteiger partial charge in [-0.2, -0.15) is 0 Å². The number of carbonyl (C=O) groups excluding carboxylic acids is 1. The molecule has 0 atom stereocenters. The van der Waals surface area contributed by atoms with Crippen molar-refractivity contribution in [2.45, 2.75) is 31.6 Å². The molecular formula is C13H20ClN3O2. The Morgan fingerprint density at radius 2 is 2.11 bits per heavy atom. The first kappa shape index (κ1) is 14.3. The second-order valence-corrected chi connectivity index (χ2v) is 5.29. The van der Waals surface area contributed by atoms with E-state index in [0.29, 0.717) is 17.5 Å². The van der Waals surface area contributed by atoms with Crippen LogP contribution in [0.2, 0.25) is 0 Å². The van der Waals surface area contributed by atoms with Crippen LogP contribution < -0.4 is 10.6 Å². The number of nitrogens with one attached hydrogen (secondary N) is 2. The SMILES string of the molecule is Cl.O=C(NCC1CCNCC1)c1cc(C2CC2)on1. The summed E-state index contributed by atoms with van der Waals surface area (Å²) in [6.07, 6.45) is 4.58. The van der Waals surface area contributed by atoms with Crippen molar-refractivity contribution in [3.05, 3.63) is 17.5 Å². The summed E-state index contributed by atoms with van der Waals surface area (Å²) in [6.45, 7) is 2.85. The molecule has 2 N–H and O–H groups in total. The van der Waals surface area contributed by atoms with E-state index in [1.165, 1.54) is 0 Å². The number of amides is 1. The number of carbonyl (C=O) groups is 1. The molecule has 6 heteroatoms. The fourth-order valence-electron chi connectivity index (χ4n) is 2.37. The van der Waals surface area contributed by atoms with Gasteiger partial charge in [0.25, 0.3) is 5.91 Å². The molecule has 0 unspecified atom stereocenters. The van der Waals surface area contributed by atoms with E-state index in [4.69, 9.17) is 4.52 Å². The van der Waals surface area contributed by atoms with E-state index in [-0.39, 0.29) is 18.3 Å². The highest BCUT2D eigenvalue weighted by atomic mass is 35.5. The maximum absolute atomic E-state index is 11.9. The molecule has 2 fully saturated rings. The summed E-state index contributed by atoms with van der Waals surface area (Å²) in [4.78, 5) is 11.9. The normalized spacial score (nSPS) is 19.8. The Kier molecular flexibility index (Phi) is 4.82. The fraction of sp³-hybridized carbons (Fsp3) is 0.692. The largest absolute Gasteiger partial charge is 0.360 e. The first-order valence-corrected chi connectivity index (χ1v) is 6.78. The molecule has 1 saturated carbocycles. The van der Waals surface area contributed by atoms with Crippen molar-refractivity contribution in [3.8, 4) is 0 Å². The summed E-state index contributed by atoms with van der Waals surface area (Å²) in [6, 6.07) is 1.79. The summed E-state index contributed by atoms with van der Waals surface area (Å²) in [5, 5.41) is 10.1. The molecule has 0 spiro atoms. The summed E-state index contributed by atoms with van der Waals surface area (Å²) in [7, 11) is 0. The number of aromatic nitrogens is 1. The lowest BCUT2D eigenvalue weighted by Gasteiger charge is -2.22. The van der Waals surface area contributed by atoms with Crippen LogP contribution in [0.25, 0.3) is 0 Å². The molecule has 106 valence electrons. The topological polar surface area (TPSA) is 67.2 Å². The lowest BCUT2D eigenvalue weighted by molar-refractivity contribution is 0.0935. The van der Waals surface area contributed by atoms with Crippen molar-refractivity contribution in [2.24, 2.45) is 5.92 Å². The molecule has 19 heavy (non-hydrogen) atoms. The number of hydrogen-bond acceptors (Lipinski definition) is 4. The van der Waals surface area contributed by atoms with Crippen molar-refractivity contribution in [1.29, 1.82) is 0 Å². The van der Waals surface area contributed by atoms with Crippen molar-refractivity contribution in [1.82, 2.24) is 15.8 Å². The van der Waals surface area contributed by atoms with Gasteiger partial charge in [-0.25, -0.2) is 0 Å². The average Bonchev–Trinajstić information content (AvgIpc) is 3.15. The predicted molar refractivity (Wildman–Crippen MR) is 73.7 cm³/mol. The molecule has 2 aliphatic rings. The summed E-state index contributed by atoms with van der Waals surface area (Å²) in [5.41, 5.74) is 0.422. The van der Waals surface area contributed by atoms with Gasteiger partial charge in [0.1, 0.15) is 5.76 Å². The Bertz CT molecular complexity index is 425. The van der Waals surface area contributed by atoms with Crippen LogP contribution in [0, 0.1) is 5.92 Å². The van der Waals surface area contributed by atoms with Gasteiger partial charge in [-0.1, -0.05) is 5.16 Å². The number of piperidine rings is 1. The molecule has 1 aliphatic carbocycles. The van der Waals surface area contributed by atoms with Crippen LogP contribution in [-0.2, 0) is 0 Å². The van der Waals surface area contributed by atoms with Gasteiger partial charge in [-0.05, 0) is 44.7 Å². The van der Waals surface area contributed by atoms with Crippen LogP contribution in [0.3, 0.4) is 0 Å². The zero-order valence-electron chi connectivity index (χ0n) is 10.9. The van der Waals surface area contributed by atoms with Crippen molar-refractivity contribution in [3.63, 3.8) is 0 Å². The average molecular weight is 286 g/mol. The second kappa shape index (κ2) is 6.39. The van der Waals surface area contributed by atoms with E-state index in [1.807, 2.05) is 0 Å². The van der Waals surface area contributed by atoms with Crippen molar-refractivity contribution < 1.29 is 9.32 Å². The van der Waals surface area contributed by atoms with E-state index in [2.05, 4.69) is 15.8 Å². The summed E-state index contributed by atoms with van der Waals surface area (Å²) < 4.78 is 5.18. The molecule has 2 heterocycles. The number of nitrogens with zero attached hydrogens (tertiary/aromatic N) is 1. The van der Waals surface area contributed by atoms with Crippen LogP contribution in [0.4, 0.5) is 0 Å². The highest BCUT2D eigenvalue weighted by Crippen LogP contribution is 2.40. The summed E-state index contributed by atoms with van der Waals surface area (Å²) in [5.74, 6) is 1.85. The smallest absolute Gasteiger partial charge is 0.273 e. The molecule has 0 aromatic carbocycles. The zero-order valence-corrected chi connectivity index (χ0v) is 11.7. The van der Waals surface area contributed by atoms with Gasteiger partial charge < -0.3 is 15.2 Å². The minimum Gasteiger partial charge on any atom is -0.360 e. The Balaban J connectivity index is 0.00000133. The number of halogens is 1. The maximum Gasteiger partial charge on any atom is 0.273 e. The Morgan fingerprint density at radius 1 is 1.37 bits per heavy atom. The van der Waals surface area contributed by atoms with Crippen LogP contribution in [0.5, 0.6) is 0 Å². The van der Waals surface area contributed by atoms with Crippen LogP contribution in [-0.4, -0.2) is 30.7 Å². The van der Waals surface area contributed by atoms with Gasteiger partial charge in [-0.15, -0.1) is 12.4 Å². The third kappa shape index (κ3) is 3.70. The number of hydrogen-bond donors (Lipinski definition) is 2. The predicted octanol–water partition coefficient (Wildman–Crippen LogP) is 1.70. The minimum atomic E-state index is -0.107. The molecule has 0 bridgehead atoms. The first-order chi connectivity index (χ1) is 8.83. The van der Waals surface area contributed by atoms with Gasteiger partial charge in [0.05, 0.1) is 0 Å². The van der Waals surface area contributed by atoms with Crippen LogP contribution in [0.15, 0.2) is 10.6 Å². The van der Waals surface area contributed by atoms with Gasteiger partial charge in [0.2, 0.25) is 0 Å². The first-order valence-electron chi connectivity index (χ1n) is 6.78. The van der Waals surface area contributed by atoms with E-state index in [0.717, 1.165) is 51.1 Å². The maximum atomic E-state index is 11.9. The van der Waals surface area contributed by atoms with E-state index < -0.39 is 0 Å². The Morgan fingerprint density at radius 3 is 2.79 bits per heavy atom. The van der Waals surface area contributed by atoms with Crippen LogP contribution in [0.1, 0.15) is 47.8 Å². The Labute approximate surface area is 118 Å². The molecular weight excluding hydrogens is 266 g/mol. The highest BCUT2D eigenvalue weighted by Gasteiger charge is 2.29. The van der Waals surface area contributed by atoms with Gasteiger partial charge >= 0.3 is 0 Å². The van der Waals surface area contributed by atoms with Gasteiger partial charge in [0.15, 0.2) is 5.69 Å². The lowest BCUT2D eigenvalue weighted by Crippen LogP contribution is -2.36. The third-order valence-corrected chi connectivity index (χ3v) is 3.75. The van der Waals surface area contributed by atoms with E-state index in [9.17, 15) is 4.79 Å². The standard InChI is InChI=1S/C13H19N3O2.ClH/c17-13(15-8-9-3-5-14-6-4-9)11-7-12(18-16-11)10-1-2-10;/h7,9-10,14H,1-6,8H2,(H,15,17);1H. The lowest BCUT2D eigenvalue weighted by atomic mass is 9.98. The van der Waals surface area contributed by atoms with Crippen molar-refractivity contribution >= 4 is 18.3 Å². The molecule has 3 rings (SSSR count). The summed E-state index contributed by atoms with van der Waals surface area (Å²) >= 11 is 0. The minimum absolute atomic E-state index is 0. The highest BCUT2D eigenvalue weighted by molar-refractivity contribution is 5.92. The van der Waals surface area contributed by atoms with Gasteiger partial charge in [-0.3, -0.25) is 4.79 Å². The molecule has 1 amide bonds. The number of rotatable bonds is 4. The molecule has 1 saturated heterocycles. The van der Waals surface area contributed by atoms with Gasteiger partial charge in [0, 0.05) is 18.5 Å². The molecule has 5 nitrogen and oxygen atoms in total. The van der Waals surface area contributed by atoms with Crippen LogP contribution >= 0.6 is 12.4 Å². The van der Waals surface area contributed by atoms with E-state index in [1.54, 1.807) is 6.07 Å². The monoisotopic (exact) mass is 285 g/mol. The quantitative estimate of drug-likeness (QED) is 0.884. The van der Waals surface area contributed by atoms with E-state index >= 15 is 0 Å². The third-order valence-electron chi connectivity index (χ3n) is 3.75. The molecule has 1 aromatic heterocycles. The molecule has 1 aromatic rings. The second-order valence-electron chi connectivity index (χ2n) is 5.29. The van der Waals surface area contributed by atoms with Crippen molar-refractivity contribution in [2.75, 3.05) is 19.6 Å². The fourth-order valence-corrected chi connectivity index (χ4v) is 2.37. The molecule has 1 aliphatic heterocycles.